The molecule has 0 saturated heterocycles. The second-order valence-electron chi connectivity index (χ2n) is 2.31. The third-order valence-electron chi connectivity index (χ3n) is 1.41. The van der Waals surface area contributed by atoms with Gasteiger partial charge in [-0.25, -0.2) is 0 Å². The molecule has 3 nitrogen and oxygen atoms in total. The van der Waals surface area contributed by atoms with E-state index in [0.29, 0.717) is 6.23 Å². The molecule has 0 amide bonds. The lowest BCUT2D eigenvalue weighted by Crippen LogP contribution is -2.11. The maximum Gasteiger partial charge on any atom is 0.306 e. The van der Waals surface area contributed by atoms with Crippen molar-refractivity contribution >= 4 is 0 Å². The third-order valence-corrected chi connectivity index (χ3v) is 1.41. The molecule has 3 heteroatoms. The summed E-state index contributed by atoms with van der Waals surface area (Å²) < 4.78 is 10.4. The zero-order chi connectivity index (χ0) is 7.68. The van der Waals surface area contributed by atoms with Crippen LogP contribution in [-0.2, 0) is 4.74 Å². The Labute approximate surface area is 64.7 Å². The van der Waals surface area contributed by atoms with Crippen LogP contribution >= 0.6 is 0 Å². The van der Waals surface area contributed by atoms with Gasteiger partial charge >= 0.3 is 6.23 Å². The Hall–Kier alpha value is -1.38. The van der Waals surface area contributed by atoms with Crippen LogP contribution in [0.1, 0.15) is 12.7 Å². The molecule has 57 valence electrons. The van der Waals surface area contributed by atoms with Crippen LogP contribution in [0, 0.1) is 6.23 Å². The summed E-state index contributed by atoms with van der Waals surface area (Å²) in [4.78, 5) is 0. The first-order valence-electron chi connectivity index (χ1n) is 3.38. The van der Waals surface area contributed by atoms with Gasteiger partial charge < -0.3 is 14.5 Å². The first-order valence-corrected chi connectivity index (χ1v) is 3.38. The molecule has 1 N–H and O–H groups in total. The minimum Gasteiger partial charge on any atom is -0.463 e. The molecule has 1 aromatic rings. The predicted octanol–water partition coefficient (Wildman–Crippen LogP) is 1.60. The topological polar surface area (TPSA) is 34.4 Å². The number of ether oxygens (including phenoxy) is 1. The summed E-state index contributed by atoms with van der Waals surface area (Å²) in [6.45, 7) is 1.88. The van der Waals surface area contributed by atoms with E-state index in [4.69, 9.17) is 9.15 Å². The molecule has 0 atom stereocenters. The summed E-state index contributed by atoms with van der Waals surface area (Å²) in [5.41, 5.74) is 0. The number of allylic oxidation sites excluding steroid dienone is 1. The van der Waals surface area contributed by atoms with E-state index in [1.165, 1.54) is 0 Å². The Morgan fingerprint density at radius 3 is 2.91 bits per heavy atom. The highest BCUT2D eigenvalue weighted by molar-refractivity contribution is 5.20. The molecule has 1 aliphatic heterocycles. The molecule has 0 aromatic carbocycles. The Morgan fingerprint density at radius 2 is 2.36 bits per heavy atom. The van der Waals surface area contributed by atoms with E-state index in [0.717, 1.165) is 11.5 Å². The normalized spacial score (nSPS) is 17.4. The van der Waals surface area contributed by atoms with E-state index in [2.05, 4.69) is 5.32 Å². The van der Waals surface area contributed by atoms with E-state index in [1.807, 2.05) is 19.1 Å². The fraction of sp³-hybridized carbons (Fsp3) is 0.125. The number of nitrogens with one attached hydrogen (secondary N) is 1. The highest BCUT2D eigenvalue weighted by Crippen LogP contribution is 2.21. The highest BCUT2D eigenvalue weighted by Gasteiger charge is 2.21. The Kier molecular flexibility index (Phi) is 1.35. The molecule has 0 saturated carbocycles. The molecule has 0 aliphatic carbocycles. The van der Waals surface area contributed by atoms with Crippen LogP contribution in [0.4, 0.5) is 0 Å². The lowest BCUT2D eigenvalue weighted by Gasteiger charge is -2.05. The Balaban J connectivity index is 2.11. The van der Waals surface area contributed by atoms with Crippen LogP contribution in [0.2, 0.25) is 0 Å². The molecule has 1 aliphatic rings. The molecular weight excluding hydrogens is 142 g/mol. The van der Waals surface area contributed by atoms with Crippen molar-refractivity contribution in [2.45, 2.75) is 6.92 Å². The maximum atomic E-state index is 5.28. The van der Waals surface area contributed by atoms with E-state index in [9.17, 15) is 0 Å². The number of rotatable bonds is 1. The van der Waals surface area contributed by atoms with Crippen LogP contribution in [0.3, 0.4) is 0 Å². The zero-order valence-corrected chi connectivity index (χ0v) is 6.13. The van der Waals surface area contributed by atoms with Crippen LogP contribution in [-0.4, -0.2) is 0 Å². The molecule has 1 aromatic heterocycles. The lowest BCUT2D eigenvalue weighted by molar-refractivity contribution is 0.233. The number of hydrogen-bond acceptors (Lipinski definition) is 3. The van der Waals surface area contributed by atoms with Gasteiger partial charge in [0.1, 0.15) is 5.76 Å². The summed E-state index contributed by atoms with van der Waals surface area (Å²) >= 11 is 0. The van der Waals surface area contributed by atoms with Crippen molar-refractivity contribution in [3.8, 4) is 0 Å². The summed E-state index contributed by atoms with van der Waals surface area (Å²) in [6, 6.07) is 3.66. The quantitative estimate of drug-likeness (QED) is 0.660. The smallest absolute Gasteiger partial charge is 0.306 e. The fourth-order valence-corrected chi connectivity index (χ4v) is 0.916. The lowest BCUT2D eigenvalue weighted by atomic mass is 10.4. The van der Waals surface area contributed by atoms with Crippen LogP contribution in [0.15, 0.2) is 34.8 Å². The van der Waals surface area contributed by atoms with E-state index in [1.54, 1.807) is 12.5 Å². The van der Waals surface area contributed by atoms with Crippen molar-refractivity contribution in [1.82, 2.24) is 5.32 Å². The summed E-state index contributed by atoms with van der Waals surface area (Å²) in [5.74, 6) is 1.56. The molecule has 2 heterocycles. The molecule has 0 fully saturated rings. The predicted molar refractivity (Wildman–Crippen MR) is 39.0 cm³/mol. The van der Waals surface area contributed by atoms with E-state index in [-0.39, 0.29) is 0 Å². The molecule has 1 radical (unpaired) electrons. The molecule has 0 spiro atoms. The molecule has 2 rings (SSSR count). The Bertz CT molecular complexity index is 264. The minimum atomic E-state index is 0.660. The van der Waals surface area contributed by atoms with Gasteiger partial charge in [0.2, 0.25) is 0 Å². The van der Waals surface area contributed by atoms with Crippen molar-refractivity contribution in [2.75, 3.05) is 0 Å². The van der Waals surface area contributed by atoms with Crippen molar-refractivity contribution in [3.05, 3.63) is 42.3 Å². The van der Waals surface area contributed by atoms with Crippen LogP contribution in [0.5, 0.6) is 0 Å². The average molecular weight is 150 g/mol. The second-order valence-corrected chi connectivity index (χ2v) is 2.31. The van der Waals surface area contributed by atoms with Crippen molar-refractivity contribution in [3.63, 3.8) is 0 Å². The minimum absolute atomic E-state index is 0.660. The van der Waals surface area contributed by atoms with Crippen LogP contribution in [0.25, 0.3) is 0 Å². The first kappa shape index (κ1) is 6.34. The zero-order valence-electron chi connectivity index (χ0n) is 6.13. The van der Waals surface area contributed by atoms with Gasteiger partial charge in [-0.05, 0) is 19.1 Å². The van der Waals surface area contributed by atoms with Gasteiger partial charge in [-0.2, -0.15) is 0 Å². The van der Waals surface area contributed by atoms with Crippen LogP contribution < -0.4 is 5.32 Å². The molecule has 11 heavy (non-hydrogen) atoms. The molecule has 0 unspecified atom stereocenters. The van der Waals surface area contributed by atoms with Gasteiger partial charge in [-0.15, -0.1) is 0 Å². The highest BCUT2D eigenvalue weighted by atomic mass is 16.5. The Morgan fingerprint density at radius 1 is 1.45 bits per heavy atom. The SMILES string of the molecule is CC1=CN[C](c2ccco2)O1. The van der Waals surface area contributed by atoms with Gasteiger partial charge in [0.25, 0.3) is 0 Å². The summed E-state index contributed by atoms with van der Waals surface area (Å²) in [6.07, 6.45) is 4.06. The van der Waals surface area contributed by atoms with E-state index < -0.39 is 0 Å². The van der Waals surface area contributed by atoms with Gasteiger partial charge in [0, 0.05) is 6.20 Å². The standard InChI is InChI=1S/C8H8NO2/c1-6-5-9-8(11-6)7-3-2-4-10-7/h2-5,9H,1H3. The summed E-state index contributed by atoms with van der Waals surface area (Å²) in [5, 5.41) is 2.95. The second kappa shape index (κ2) is 2.34. The maximum absolute atomic E-state index is 5.28. The first-order chi connectivity index (χ1) is 5.36. The van der Waals surface area contributed by atoms with Crippen molar-refractivity contribution in [2.24, 2.45) is 0 Å². The molecular formula is C8H8NO2. The van der Waals surface area contributed by atoms with Crippen molar-refractivity contribution < 1.29 is 9.15 Å². The monoisotopic (exact) mass is 150 g/mol. The van der Waals surface area contributed by atoms with Gasteiger partial charge in [0.05, 0.1) is 6.26 Å². The van der Waals surface area contributed by atoms with Gasteiger partial charge in [-0.1, -0.05) is 0 Å². The van der Waals surface area contributed by atoms with Crippen molar-refractivity contribution in [1.29, 1.82) is 0 Å². The largest absolute Gasteiger partial charge is 0.463 e. The fourth-order valence-electron chi connectivity index (χ4n) is 0.916. The number of hydrogen-bond donors (Lipinski definition) is 1. The van der Waals surface area contributed by atoms with Gasteiger partial charge in [-0.3, -0.25) is 0 Å². The van der Waals surface area contributed by atoms with E-state index >= 15 is 0 Å². The third kappa shape index (κ3) is 1.09. The number of furan rings is 1. The van der Waals surface area contributed by atoms with Gasteiger partial charge in [0.15, 0.2) is 5.76 Å². The average Bonchev–Trinajstić information content (AvgIpc) is 2.55. The molecule has 0 bridgehead atoms. The summed E-state index contributed by atoms with van der Waals surface area (Å²) in [7, 11) is 0.